The molecule has 1 aliphatic carbocycles. The molecule has 33 heavy (non-hydrogen) atoms. The van der Waals surface area contributed by atoms with E-state index in [0.717, 1.165) is 22.6 Å². The van der Waals surface area contributed by atoms with Gasteiger partial charge in [-0.05, 0) is 68.1 Å². The van der Waals surface area contributed by atoms with Gasteiger partial charge in [-0.25, -0.2) is 8.78 Å². The highest BCUT2D eigenvalue weighted by atomic mass is 19.2. The van der Waals surface area contributed by atoms with Crippen LogP contribution in [0.15, 0.2) is 30.3 Å². The molecule has 0 saturated heterocycles. The van der Waals surface area contributed by atoms with Crippen LogP contribution in [0.1, 0.15) is 55.8 Å². The van der Waals surface area contributed by atoms with Crippen LogP contribution in [-0.4, -0.2) is 32.5 Å². The molecule has 3 N–H and O–H groups in total. The average Bonchev–Trinajstić information content (AvgIpc) is 3.57. The average molecular weight is 463 g/mol. The molecule has 2 aromatic carbocycles. The zero-order valence-corrected chi connectivity index (χ0v) is 20.2. The summed E-state index contributed by atoms with van der Waals surface area (Å²) in [5.74, 6) is -1.25. The fourth-order valence-electron chi connectivity index (χ4n) is 3.20. The summed E-state index contributed by atoms with van der Waals surface area (Å²) >= 11 is 0. The fourth-order valence-corrected chi connectivity index (χ4v) is 3.20. The van der Waals surface area contributed by atoms with Crippen LogP contribution < -0.4 is 11.1 Å². The van der Waals surface area contributed by atoms with Crippen molar-refractivity contribution in [3.05, 3.63) is 58.7 Å². The molecule has 5 nitrogen and oxygen atoms in total. The monoisotopic (exact) mass is 462 g/mol. The molecule has 1 fully saturated rings. The molecule has 2 aromatic rings. The zero-order chi connectivity index (χ0) is 25.0. The SMILES string of the molecule is CC1CC1.CCOC(=O)CC(NC)c1cc(-c2c(C)cccc2C)cc(F)c1F.NCC=O. The van der Waals surface area contributed by atoms with E-state index in [1.165, 1.54) is 18.9 Å². The number of halogens is 2. The number of carbonyl (C=O) groups is 2. The lowest BCUT2D eigenvalue weighted by Crippen LogP contribution is -2.22. The van der Waals surface area contributed by atoms with Gasteiger partial charge in [0.2, 0.25) is 0 Å². The molecule has 0 aromatic heterocycles. The van der Waals surface area contributed by atoms with Gasteiger partial charge >= 0.3 is 5.97 Å². The van der Waals surface area contributed by atoms with Crippen molar-refractivity contribution in [2.45, 2.75) is 53.0 Å². The lowest BCUT2D eigenvalue weighted by Gasteiger charge is -2.19. The van der Waals surface area contributed by atoms with Crippen molar-refractivity contribution < 1.29 is 23.1 Å². The van der Waals surface area contributed by atoms with E-state index in [1.54, 1.807) is 20.0 Å². The van der Waals surface area contributed by atoms with Crippen molar-refractivity contribution in [3.63, 3.8) is 0 Å². The number of aryl methyl sites for hydroxylation is 2. The van der Waals surface area contributed by atoms with Gasteiger partial charge in [-0.15, -0.1) is 0 Å². The molecule has 0 spiro atoms. The van der Waals surface area contributed by atoms with E-state index in [2.05, 4.69) is 18.0 Å². The second kappa shape index (κ2) is 14.5. The summed E-state index contributed by atoms with van der Waals surface area (Å²) in [6, 6.07) is 7.92. The molecule has 3 rings (SSSR count). The minimum absolute atomic E-state index is 0.0725. The highest BCUT2D eigenvalue weighted by Crippen LogP contribution is 2.32. The van der Waals surface area contributed by atoms with Gasteiger partial charge in [-0.2, -0.15) is 0 Å². The summed E-state index contributed by atoms with van der Waals surface area (Å²) < 4.78 is 33.6. The van der Waals surface area contributed by atoms with Crippen LogP contribution >= 0.6 is 0 Å². The van der Waals surface area contributed by atoms with Crippen molar-refractivity contribution in [2.75, 3.05) is 20.2 Å². The van der Waals surface area contributed by atoms with Gasteiger partial charge < -0.3 is 20.6 Å². The second-order valence-electron chi connectivity index (χ2n) is 8.06. The first-order chi connectivity index (χ1) is 15.7. The van der Waals surface area contributed by atoms with E-state index in [9.17, 15) is 13.6 Å². The molecule has 182 valence electrons. The zero-order valence-electron chi connectivity index (χ0n) is 20.2. The smallest absolute Gasteiger partial charge is 0.307 e. The third kappa shape index (κ3) is 9.40. The van der Waals surface area contributed by atoms with Crippen LogP contribution in [0.4, 0.5) is 8.78 Å². The normalized spacial score (nSPS) is 13.1. The van der Waals surface area contributed by atoms with E-state index in [1.807, 2.05) is 32.0 Å². The number of nitrogens with two attached hydrogens (primary N) is 1. The Morgan fingerprint density at radius 2 is 1.79 bits per heavy atom. The largest absolute Gasteiger partial charge is 0.466 e. The maximum Gasteiger partial charge on any atom is 0.307 e. The molecule has 0 aliphatic heterocycles. The van der Waals surface area contributed by atoms with Gasteiger partial charge in [0.25, 0.3) is 0 Å². The van der Waals surface area contributed by atoms with Crippen molar-refractivity contribution in [1.82, 2.24) is 5.32 Å². The number of benzene rings is 2. The number of hydrogen-bond donors (Lipinski definition) is 2. The molecular formula is C26H36F2N2O3. The predicted molar refractivity (Wildman–Crippen MR) is 128 cm³/mol. The molecule has 1 atom stereocenters. The number of aldehydes is 1. The molecule has 0 heterocycles. The van der Waals surface area contributed by atoms with E-state index < -0.39 is 23.6 Å². The number of esters is 1. The third-order valence-electron chi connectivity index (χ3n) is 5.19. The van der Waals surface area contributed by atoms with Crippen molar-refractivity contribution >= 4 is 12.3 Å². The molecule has 0 bridgehead atoms. The Morgan fingerprint density at radius 3 is 2.21 bits per heavy atom. The van der Waals surface area contributed by atoms with Gasteiger partial charge in [0, 0.05) is 18.2 Å². The van der Waals surface area contributed by atoms with Gasteiger partial charge in [0.05, 0.1) is 13.0 Å². The molecule has 1 saturated carbocycles. The predicted octanol–water partition coefficient (Wildman–Crippen LogP) is 5.02. The summed E-state index contributed by atoms with van der Waals surface area (Å²) in [5, 5.41) is 2.88. The van der Waals surface area contributed by atoms with E-state index in [0.29, 0.717) is 11.8 Å². The lowest BCUT2D eigenvalue weighted by molar-refractivity contribution is -0.143. The number of carbonyl (C=O) groups excluding carboxylic acids is 2. The van der Waals surface area contributed by atoms with E-state index in [-0.39, 0.29) is 25.1 Å². The van der Waals surface area contributed by atoms with Crippen LogP contribution in [0.3, 0.4) is 0 Å². The van der Waals surface area contributed by atoms with Crippen molar-refractivity contribution in [3.8, 4) is 11.1 Å². The van der Waals surface area contributed by atoms with Gasteiger partial charge in [-0.3, -0.25) is 4.79 Å². The third-order valence-corrected chi connectivity index (χ3v) is 5.19. The maximum atomic E-state index is 14.4. The summed E-state index contributed by atoms with van der Waals surface area (Å²) in [4.78, 5) is 20.8. The van der Waals surface area contributed by atoms with Crippen molar-refractivity contribution in [2.24, 2.45) is 11.7 Å². The van der Waals surface area contributed by atoms with E-state index in [4.69, 9.17) is 9.53 Å². The Balaban J connectivity index is 0.000000576. The standard InChI is InChI=1S/C20H23F2NO2.C4H8.C2H5NO/c1-5-25-18(24)11-17(23-4)15-9-14(10-16(21)20(15)22)19-12(2)7-6-8-13(19)3;1-4-2-3-4;3-1-2-4/h6-10,17,23H,5,11H2,1-4H3;4H,2-3H2,1H3;2H,1,3H2. The maximum absolute atomic E-state index is 14.4. The van der Waals surface area contributed by atoms with Gasteiger partial charge in [-0.1, -0.05) is 38.0 Å². The molecule has 0 radical (unpaired) electrons. The van der Waals surface area contributed by atoms with Crippen LogP contribution in [0, 0.1) is 31.4 Å². The van der Waals surface area contributed by atoms with E-state index >= 15 is 0 Å². The first kappa shape index (κ1) is 28.4. The Kier molecular flexibility index (Phi) is 12.5. The molecule has 0 amide bonds. The second-order valence-corrected chi connectivity index (χ2v) is 8.06. The summed E-state index contributed by atoms with van der Waals surface area (Å²) in [6.45, 7) is 8.22. The van der Waals surface area contributed by atoms with Crippen molar-refractivity contribution in [1.29, 1.82) is 0 Å². The number of rotatable bonds is 7. The highest BCUT2D eigenvalue weighted by molar-refractivity contribution is 5.73. The van der Waals surface area contributed by atoms with Crippen LogP contribution in [0.5, 0.6) is 0 Å². The summed E-state index contributed by atoms with van der Waals surface area (Å²) in [6.07, 6.45) is 3.55. The lowest BCUT2D eigenvalue weighted by atomic mass is 9.92. The Bertz CT molecular complexity index is 894. The van der Waals surface area contributed by atoms with Crippen LogP contribution in [0.2, 0.25) is 0 Å². The first-order valence-corrected chi connectivity index (χ1v) is 11.2. The van der Waals surface area contributed by atoms with Crippen LogP contribution in [-0.2, 0) is 14.3 Å². The topological polar surface area (TPSA) is 81.4 Å². The first-order valence-electron chi connectivity index (χ1n) is 11.2. The van der Waals surface area contributed by atoms with Gasteiger partial charge in [0.1, 0.15) is 6.29 Å². The Hall–Kier alpha value is -2.64. The summed E-state index contributed by atoms with van der Waals surface area (Å²) in [5.41, 5.74) is 8.19. The highest BCUT2D eigenvalue weighted by Gasteiger charge is 2.23. The Morgan fingerprint density at radius 1 is 1.24 bits per heavy atom. The minimum atomic E-state index is -0.946. The Labute approximate surface area is 195 Å². The number of ether oxygens (including phenoxy) is 1. The molecular weight excluding hydrogens is 426 g/mol. The molecule has 7 heteroatoms. The fraction of sp³-hybridized carbons (Fsp3) is 0.462. The quantitative estimate of drug-likeness (QED) is 0.446. The summed E-state index contributed by atoms with van der Waals surface area (Å²) in [7, 11) is 1.60. The molecule has 1 aliphatic rings. The minimum Gasteiger partial charge on any atom is -0.466 e. The molecule has 1 unspecified atom stereocenters. The number of hydrogen-bond acceptors (Lipinski definition) is 5. The van der Waals surface area contributed by atoms with Crippen LogP contribution in [0.25, 0.3) is 11.1 Å². The number of nitrogens with one attached hydrogen (secondary N) is 1. The van der Waals surface area contributed by atoms with Gasteiger partial charge in [0.15, 0.2) is 11.6 Å².